The number of hydrogen-bond donors (Lipinski definition) is 1. The van der Waals surface area contributed by atoms with E-state index in [0.29, 0.717) is 29.4 Å². The van der Waals surface area contributed by atoms with Crippen LogP contribution in [0, 0.1) is 6.92 Å². The maximum atomic E-state index is 12.3. The third-order valence-corrected chi connectivity index (χ3v) is 6.34. The Morgan fingerprint density at radius 3 is 2.52 bits per heavy atom. The molecule has 0 spiro atoms. The average Bonchev–Trinajstić information content (AvgIpc) is 3.30. The van der Waals surface area contributed by atoms with Gasteiger partial charge < -0.3 is 19.7 Å². The van der Waals surface area contributed by atoms with Crippen LogP contribution in [0.15, 0.2) is 48.5 Å². The molecule has 2 aromatic heterocycles. The van der Waals surface area contributed by atoms with Crippen LogP contribution in [0.25, 0.3) is 21.3 Å². The van der Waals surface area contributed by atoms with Crippen LogP contribution in [0.4, 0.5) is 5.82 Å². The summed E-state index contributed by atoms with van der Waals surface area (Å²) in [4.78, 5) is 25.3. The largest absolute Gasteiger partial charge is 0.493 e. The molecular formula is C25H26N4O3S. The van der Waals surface area contributed by atoms with E-state index < -0.39 is 0 Å². The van der Waals surface area contributed by atoms with E-state index in [4.69, 9.17) is 9.47 Å². The second-order valence-electron chi connectivity index (χ2n) is 7.74. The smallest absolute Gasteiger partial charge is 0.253 e. The Labute approximate surface area is 197 Å². The van der Waals surface area contributed by atoms with Crippen molar-refractivity contribution in [2.24, 2.45) is 0 Å². The van der Waals surface area contributed by atoms with Crippen molar-refractivity contribution in [3.05, 3.63) is 64.8 Å². The van der Waals surface area contributed by atoms with Crippen molar-refractivity contribution in [3.8, 4) is 21.9 Å². The predicted octanol–water partition coefficient (Wildman–Crippen LogP) is 5.00. The summed E-state index contributed by atoms with van der Waals surface area (Å²) in [5.74, 6) is 2.67. The van der Waals surface area contributed by atoms with Crippen molar-refractivity contribution in [2.45, 2.75) is 13.5 Å². The summed E-state index contributed by atoms with van der Waals surface area (Å²) in [6, 6.07) is 15.6. The van der Waals surface area contributed by atoms with Gasteiger partial charge in [0.25, 0.3) is 5.91 Å². The standard InChI is InChI=1S/C25H26N4O3S/c1-15-27-20-13-22(32-5)21(31-4)12-19(20)24(28-15)26-14-18-9-10-23(33-18)16-7-6-8-17(11-16)25(30)29(2)3/h6-13H,14H2,1-5H3,(H,26,27,28). The molecule has 1 amide bonds. The Balaban J connectivity index is 1.58. The van der Waals surface area contributed by atoms with Crippen LogP contribution < -0.4 is 14.8 Å². The highest BCUT2D eigenvalue weighted by molar-refractivity contribution is 7.15. The highest BCUT2D eigenvalue weighted by atomic mass is 32.1. The average molecular weight is 463 g/mol. The number of carbonyl (C=O) groups excluding carboxylic acids is 1. The van der Waals surface area contributed by atoms with Gasteiger partial charge in [-0.05, 0) is 42.8 Å². The van der Waals surface area contributed by atoms with Crippen LogP contribution in [0.3, 0.4) is 0 Å². The van der Waals surface area contributed by atoms with Crippen LogP contribution in [0.1, 0.15) is 21.1 Å². The fourth-order valence-electron chi connectivity index (χ4n) is 3.57. The minimum absolute atomic E-state index is 0.00614. The highest BCUT2D eigenvalue weighted by Crippen LogP contribution is 2.35. The predicted molar refractivity (Wildman–Crippen MR) is 132 cm³/mol. The summed E-state index contributed by atoms with van der Waals surface area (Å²) < 4.78 is 10.9. The molecule has 0 atom stereocenters. The van der Waals surface area contributed by atoms with E-state index in [0.717, 1.165) is 32.0 Å². The number of methoxy groups -OCH3 is 2. The number of hydrogen-bond acceptors (Lipinski definition) is 7. The van der Waals surface area contributed by atoms with Gasteiger partial charge in [-0.1, -0.05) is 12.1 Å². The van der Waals surface area contributed by atoms with Gasteiger partial charge in [0.15, 0.2) is 11.5 Å². The molecule has 1 N–H and O–H groups in total. The first kappa shape index (κ1) is 22.5. The number of fused-ring (bicyclic) bond motifs is 1. The molecular weight excluding hydrogens is 436 g/mol. The normalized spacial score (nSPS) is 10.8. The Morgan fingerprint density at radius 2 is 1.79 bits per heavy atom. The quantitative estimate of drug-likeness (QED) is 0.417. The molecule has 4 rings (SSSR count). The van der Waals surface area contributed by atoms with E-state index in [2.05, 4.69) is 27.4 Å². The number of rotatable bonds is 7. The molecule has 170 valence electrons. The summed E-state index contributed by atoms with van der Waals surface area (Å²) in [6.07, 6.45) is 0. The molecule has 0 radical (unpaired) electrons. The number of nitrogens with one attached hydrogen (secondary N) is 1. The topological polar surface area (TPSA) is 76.6 Å². The minimum Gasteiger partial charge on any atom is -0.493 e. The van der Waals surface area contributed by atoms with Crippen molar-refractivity contribution in [3.63, 3.8) is 0 Å². The molecule has 0 saturated carbocycles. The van der Waals surface area contributed by atoms with Crippen molar-refractivity contribution >= 4 is 34.0 Å². The summed E-state index contributed by atoms with van der Waals surface area (Å²) in [7, 11) is 6.74. The molecule has 0 unspecified atom stereocenters. The van der Waals surface area contributed by atoms with Gasteiger partial charge in [0.2, 0.25) is 0 Å². The molecule has 8 heteroatoms. The van der Waals surface area contributed by atoms with Gasteiger partial charge in [-0.3, -0.25) is 4.79 Å². The van der Waals surface area contributed by atoms with Gasteiger partial charge in [0, 0.05) is 40.9 Å². The maximum absolute atomic E-state index is 12.3. The van der Waals surface area contributed by atoms with Gasteiger partial charge in [0.05, 0.1) is 26.3 Å². The fraction of sp³-hybridized carbons (Fsp3) is 0.240. The van der Waals surface area contributed by atoms with Crippen LogP contribution >= 0.6 is 11.3 Å². The monoisotopic (exact) mass is 462 g/mol. The summed E-state index contributed by atoms with van der Waals surface area (Å²) >= 11 is 1.68. The summed E-state index contributed by atoms with van der Waals surface area (Å²) in [5, 5.41) is 4.31. The van der Waals surface area contributed by atoms with Gasteiger partial charge >= 0.3 is 0 Å². The Kier molecular flexibility index (Phi) is 6.46. The van der Waals surface area contributed by atoms with E-state index in [9.17, 15) is 4.79 Å². The van der Waals surface area contributed by atoms with E-state index in [-0.39, 0.29) is 5.91 Å². The van der Waals surface area contributed by atoms with Gasteiger partial charge in [-0.2, -0.15) is 0 Å². The number of aryl methyl sites for hydroxylation is 1. The molecule has 4 aromatic rings. The highest BCUT2D eigenvalue weighted by Gasteiger charge is 2.13. The number of anilines is 1. The molecule has 0 fully saturated rings. The van der Waals surface area contributed by atoms with E-state index >= 15 is 0 Å². The number of benzene rings is 2. The molecule has 0 aliphatic heterocycles. The van der Waals surface area contributed by atoms with Crippen molar-refractivity contribution < 1.29 is 14.3 Å². The lowest BCUT2D eigenvalue weighted by atomic mass is 10.1. The molecule has 0 bridgehead atoms. The zero-order chi connectivity index (χ0) is 23.5. The number of carbonyl (C=O) groups is 1. The van der Waals surface area contributed by atoms with E-state index in [1.807, 2.05) is 43.3 Å². The van der Waals surface area contributed by atoms with E-state index in [1.165, 1.54) is 0 Å². The third-order valence-electron chi connectivity index (χ3n) is 5.20. The molecule has 0 saturated heterocycles. The first-order chi connectivity index (χ1) is 15.9. The van der Waals surface area contributed by atoms with Crippen LogP contribution in [0.5, 0.6) is 11.5 Å². The Morgan fingerprint density at radius 1 is 1.03 bits per heavy atom. The SMILES string of the molecule is COc1cc2nc(C)nc(NCc3ccc(-c4cccc(C(=O)N(C)C)c4)s3)c2cc1OC. The first-order valence-corrected chi connectivity index (χ1v) is 11.3. The van der Waals surface area contributed by atoms with Crippen molar-refractivity contribution in [2.75, 3.05) is 33.6 Å². The first-order valence-electron chi connectivity index (χ1n) is 10.4. The molecule has 7 nitrogen and oxygen atoms in total. The van der Waals surface area contributed by atoms with Crippen molar-refractivity contribution in [1.82, 2.24) is 14.9 Å². The number of ether oxygens (including phenoxy) is 2. The molecule has 2 heterocycles. The number of thiophene rings is 1. The second-order valence-corrected chi connectivity index (χ2v) is 8.91. The molecule has 33 heavy (non-hydrogen) atoms. The Bertz CT molecular complexity index is 1320. The lowest BCUT2D eigenvalue weighted by Crippen LogP contribution is -2.21. The minimum atomic E-state index is -0.00614. The number of nitrogens with zero attached hydrogens (tertiary/aromatic N) is 3. The van der Waals surface area contributed by atoms with Gasteiger partial charge in [-0.25, -0.2) is 9.97 Å². The van der Waals surface area contributed by atoms with E-state index in [1.54, 1.807) is 44.6 Å². The zero-order valence-electron chi connectivity index (χ0n) is 19.3. The van der Waals surface area contributed by atoms with Gasteiger partial charge in [0.1, 0.15) is 11.6 Å². The van der Waals surface area contributed by atoms with Crippen LogP contribution in [-0.2, 0) is 6.54 Å². The van der Waals surface area contributed by atoms with Crippen LogP contribution in [-0.4, -0.2) is 49.1 Å². The molecule has 2 aromatic carbocycles. The summed E-state index contributed by atoms with van der Waals surface area (Å²) in [6.45, 7) is 2.48. The van der Waals surface area contributed by atoms with Gasteiger partial charge in [-0.15, -0.1) is 11.3 Å². The number of aromatic nitrogens is 2. The summed E-state index contributed by atoms with van der Waals surface area (Å²) in [5.41, 5.74) is 2.49. The lowest BCUT2D eigenvalue weighted by molar-refractivity contribution is 0.0827. The maximum Gasteiger partial charge on any atom is 0.253 e. The van der Waals surface area contributed by atoms with Crippen LogP contribution in [0.2, 0.25) is 0 Å². The lowest BCUT2D eigenvalue weighted by Gasteiger charge is -2.12. The van der Waals surface area contributed by atoms with Crippen molar-refractivity contribution in [1.29, 1.82) is 0 Å². The number of amides is 1. The molecule has 0 aliphatic carbocycles. The molecule has 0 aliphatic rings. The zero-order valence-corrected chi connectivity index (χ0v) is 20.1. The fourth-order valence-corrected chi connectivity index (χ4v) is 4.51. The third kappa shape index (κ3) is 4.75. The Hall–Kier alpha value is -3.65. The second kappa shape index (κ2) is 9.46.